The zero-order chi connectivity index (χ0) is 17.4. The molecule has 25 heavy (non-hydrogen) atoms. The molecule has 0 aliphatic carbocycles. The van der Waals surface area contributed by atoms with Crippen LogP contribution in [-0.2, 0) is 9.53 Å². The number of amides is 1. The van der Waals surface area contributed by atoms with Crippen LogP contribution in [0.5, 0.6) is 0 Å². The lowest BCUT2D eigenvalue weighted by Gasteiger charge is -2.26. The average Bonchev–Trinajstić information content (AvgIpc) is 3.07. The second-order valence-electron chi connectivity index (χ2n) is 5.68. The van der Waals surface area contributed by atoms with Crippen molar-refractivity contribution in [2.45, 2.75) is 6.04 Å². The summed E-state index contributed by atoms with van der Waals surface area (Å²) in [5, 5.41) is 6.60. The number of ether oxygens (including phenoxy) is 1. The number of rotatable bonds is 4. The van der Waals surface area contributed by atoms with Crippen LogP contribution in [0.1, 0.15) is 15.9 Å². The van der Waals surface area contributed by atoms with Crippen molar-refractivity contribution >= 4 is 34.1 Å². The van der Waals surface area contributed by atoms with E-state index in [1.807, 2.05) is 0 Å². The highest BCUT2D eigenvalue weighted by Crippen LogP contribution is 2.36. The van der Waals surface area contributed by atoms with Gasteiger partial charge in [0, 0.05) is 31.3 Å². The van der Waals surface area contributed by atoms with Crippen molar-refractivity contribution in [2.75, 3.05) is 24.4 Å². The molecule has 0 saturated heterocycles. The summed E-state index contributed by atoms with van der Waals surface area (Å²) in [7, 11) is 1.53. The number of anilines is 2. The molecule has 3 aromatic rings. The molecule has 126 valence electrons. The van der Waals surface area contributed by atoms with Gasteiger partial charge in [-0.3, -0.25) is 14.6 Å². The number of hydrogen-bond donors (Lipinski definition) is 3. The van der Waals surface area contributed by atoms with Gasteiger partial charge in [-0.1, -0.05) is 0 Å². The molecule has 3 aromatic heterocycles. The SMILES string of the molecule is COCC1Nc2c(cnc3[nH]cc(C(=O)c4ccncc4)c23)NC1=O. The number of H-pyrrole nitrogens is 1. The van der Waals surface area contributed by atoms with Gasteiger partial charge in [-0.15, -0.1) is 0 Å². The number of carbonyl (C=O) groups is 2. The van der Waals surface area contributed by atoms with E-state index in [1.54, 1.807) is 36.9 Å². The van der Waals surface area contributed by atoms with Crippen molar-refractivity contribution in [2.24, 2.45) is 0 Å². The highest BCUT2D eigenvalue weighted by atomic mass is 16.5. The van der Waals surface area contributed by atoms with Crippen LogP contribution in [0.4, 0.5) is 11.4 Å². The minimum atomic E-state index is -0.540. The smallest absolute Gasteiger partial charge is 0.249 e. The van der Waals surface area contributed by atoms with Crippen molar-refractivity contribution in [3.63, 3.8) is 0 Å². The van der Waals surface area contributed by atoms with Gasteiger partial charge in [0.05, 0.1) is 35.1 Å². The van der Waals surface area contributed by atoms with Crippen molar-refractivity contribution in [3.8, 4) is 0 Å². The van der Waals surface area contributed by atoms with Gasteiger partial charge in [-0.05, 0) is 12.1 Å². The lowest BCUT2D eigenvalue weighted by molar-refractivity contribution is -0.118. The molecular formula is C17H15N5O3. The number of ketones is 1. The lowest BCUT2D eigenvalue weighted by Crippen LogP contribution is -2.42. The zero-order valence-electron chi connectivity index (χ0n) is 13.4. The van der Waals surface area contributed by atoms with Gasteiger partial charge >= 0.3 is 0 Å². The Morgan fingerprint density at radius 2 is 2.12 bits per heavy atom. The fraction of sp³-hybridized carbons (Fsp3) is 0.176. The Morgan fingerprint density at radius 3 is 2.88 bits per heavy atom. The second-order valence-corrected chi connectivity index (χ2v) is 5.68. The minimum Gasteiger partial charge on any atom is -0.382 e. The van der Waals surface area contributed by atoms with E-state index in [1.165, 1.54) is 7.11 Å². The lowest BCUT2D eigenvalue weighted by atomic mass is 10.0. The molecule has 0 radical (unpaired) electrons. The number of nitrogens with one attached hydrogen (secondary N) is 3. The molecule has 1 aliphatic heterocycles. The predicted octanol–water partition coefficient (Wildman–Crippen LogP) is 1.57. The Labute approximate surface area is 142 Å². The first kappa shape index (κ1) is 15.3. The van der Waals surface area contributed by atoms with E-state index in [-0.39, 0.29) is 18.3 Å². The predicted molar refractivity (Wildman–Crippen MR) is 91.7 cm³/mol. The van der Waals surface area contributed by atoms with Crippen molar-refractivity contribution in [3.05, 3.63) is 48.0 Å². The molecule has 4 heterocycles. The number of nitrogens with zero attached hydrogens (tertiary/aromatic N) is 2. The number of fused-ring (bicyclic) bond motifs is 3. The molecule has 0 saturated carbocycles. The van der Waals surface area contributed by atoms with Gasteiger partial charge in [0.2, 0.25) is 5.91 Å². The van der Waals surface area contributed by atoms with Gasteiger partial charge in [-0.25, -0.2) is 4.98 Å². The molecule has 8 nitrogen and oxygen atoms in total. The summed E-state index contributed by atoms with van der Waals surface area (Å²) in [5.41, 5.74) is 2.77. The van der Waals surface area contributed by atoms with Gasteiger partial charge in [0.15, 0.2) is 5.78 Å². The van der Waals surface area contributed by atoms with E-state index in [9.17, 15) is 9.59 Å². The monoisotopic (exact) mass is 337 g/mol. The third kappa shape index (κ3) is 2.52. The number of pyridine rings is 2. The molecule has 1 aliphatic rings. The molecular weight excluding hydrogens is 322 g/mol. The van der Waals surface area contributed by atoms with Gasteiger partial charge in [0.1, 0.15) is 11.7 Å². The molecule has 0 aromatic carbocycles. The van der Waals surface area contributed by atoms with E-state index in [0.29, 0.717) is 33.5 Å². The normalized spacial score (nSPS) is 16.2. The van der Waals surface area contributed by atoms with E-state index in [2.05, 4.69) is 25.6 Å². The van der Waals surface area contributed by atoms with Gasteiger partial charge < -0.3 is 20.4 Å². The van der Waals surface area contributed by atoms with Crippen molar-refractivity contribution in [1.29, 1.82) is 0 Å². The first-order chi connectivity index (χ1) is 12.2. The average molecular weight is 337 g/mol. The molecule has 3 N–H and O–H groups in total. The summed E-state index contributed by atoms with van der Waals surface area (Å²) in [6.45, 7) is 0.215. The van der Waals surface area contributed by atoms with Crippen LogP contribution in [0, 0.1) is 0 Å². The number of methoxy groups -OCH3 is 1. The highest BCUT2D eigenvalue weighted by Gasteiger charge is 2.29. The Kier molecular flexibility index (Phi) is 3.66. The van der Waals surface area contributed by atoms with Crippen LogP contribution in [0.15, 0.2) is 36.9 Å². The Balaban J connectivity index is 1.85. The summed E-state index contributed by atoms with van der Waals surface area (Å²) in [6.07, 6.45) is 6.33. The first-order valence-corrected chi connectivity index (χ1v) is 7.70. The van der Waals surface area contributed by atoms with E-state index >= 15 is 0 Å². The number of hydrogen-bond acceptors (Lipinski definition) is 6. The quantitative estimate of drug-likeness (QED) is 0.624. The maximum atomic E-state index is 12.9. The maximum Gasteiger partial charge on any atom is 0.249 e. The van der Waals surface area contributed by atoms with Crippen LogP contribution in [0.3, 0.4) is 0 Å². The van der Waals surface area contributed by atoms with Gasteiger partial charge in [0.25, 0.3) is 0 Å². The summed E-state index contributed by atoms with van der Waals surface area (Å²) in [4.78, 5) is 36.2. The van der Waals surface area contributed by atoms with E-state index in [4.69, 9.17) is 4.74 Å². The summed E-state index contributed by atoms with van der Waals surface area (Å²) in [5.74, 6) is -0.348. The van der Waals surface area contributed by atoms with Crippen LogP contribution in [-0.4, -0.2) is 46.4 Å². The van der Waals surface area contributed by atoms with E-state index in [0.717, 1.165) is 0 Å². The summed E-state index contributed by atoms with van der Waals surface area (Å²) >= 11 is 0. The molecule has 4 rings (SSSR count). The van der Waals surface area contributed by atoms with Crippen LogP contribution in [0.25, 0.3) is 11.0 Å². The topological polar surface area (TPSA) is 109 Å². The maximum absolute atomic E-state index is 12.9. The standard InChI is InChI=1S/C17H15N5O3/c1-25-8-12-17(24)22-11-7-20-16-13(14(11)21-12)10(6-19-16)15(23)9-2-4-18-5-3-9/h2-7,12,21H,8H2,1H3,(H,19,20)(H,22,24). The molecule has 1 atom stereocenters. The fourth-order valence-electron chi connectivity index (χ4n) is 2.92. The molecule has 1 amide bonds. The first-order valence-electron chi connectivity index (χ1n) is 7.70. The minimum absolute atomic E-state index is 0.147. The van der Waals surface area contributed by atoms with Crippen LogP contribution in [0.2, 0.25) is 0 Å². The fourth-order valence-corrected chi connectivity index (χ4v) is 2.92. The Hall–Kier alpha value is -3.26. The van der Waals surface area contributed by atoms with E-state index < -0.39 is 6.04 Å². The summed E-state index contributed by atoms with van der Waals surface area (Å²) in [6, 6.07) is 2.78. The summed E-state index contributed by atoms with van der Waals surface area (Å²) < 4.78 is 5.09. The number of carbonyl (C=O) groups excluding carboxylic acids is 2. The third-order valence-electron chi connectivity index (χ3n) is 4.11. The molecule has 8 heteroatoms. The van der Waals surface area contributed by atoms with Crippen molar-refractivity contribution < 1.29 is 14.3 Å². The van der Waals surface area contributed by atoms with Crippen molar-refractivity contribution in [1.82, 2.24) is 15.0 Å². The zero-order valence-corrected chi connectivity index (χ0v) is 13.4. The molecule has 1 unspecified atom stereocenters. The number of aromatic amines is 1. The van der Waals surface area contributed by atoms with Crippen LogP contribution >= 0.6 is 0 Å². The Bertz CT molecular complexity index is 967. The number of aromatic nitrogens is 3. The second kappa shape index (κ2) is 5.99. The molecule has 0 bridgehead atoms. The Morgan fingerprint density at radius 1 is 1.32 bits per heavy atom. The molecule has 0 fully saturated rings. The third-order valence-corrected chi connectivity index (χ3v) is 4.11. The molecule has 0 spiro atoms. The van der Waals surface area contributed by atoms with Gasteiger partial charge in [-0.2, -0.15) is 0 Å². The van der Waals surface area contributed by atoms with Crippen LogP contribution < -0.4 is 10.6 Å². The highest BCUT2D eigenvalue weighted by molar-refractivity contribution is 6.21. The largest absolute Gasteiger partial charge is 0.382 e.